The van der Waals surface area contributed by atoms with Gasteiger partial charge in [-0.3, -0.25) is 0 Å². The molecule has 1 atom stereocenters. The van der Waals surface area contributed by atoms with Crippen LogP contribution in [0, 0.1) is 0 Å². The smallest absolute Gasteiger partial charge is 0.142 e. The molecule has 0 aliphatic carbocycles. The Kier molecular flexibility index (Phi) is 9.37. The number of nitrogens with zero attached hydrogens (tertiary/aromatic N) is 4. The minimum absolute atomic E-state index is 0.314. The van der Waals surface area contributed by atoms with E-state index in [1.807, 2.05) is 24.3 Å². The fraction of sp³-hybridized carbons (Fsp3) is 0.481. The monoisotopic (exact) mass is 476 g/mol. The van der Waals surface area contributed by atoms with Crippen molar-refractivity contribution in [3.05, 3.63) is 54.0 Å². The summed E-state index contributed by atoms with van der Waals surface area (Å²) in [6.07, 6.45) is 8.64. The summed E-state index contributed by atoms with van der Waals surface area (Å²) in [5.41, 5.74) is 3.35. The Labute approximate surface area is 207 Å². The Morgan fingerprint density at radius 3 is 2.94 bits per heavy atom. The number of aromatic nitrogens is 3. The van der Waals surface area contributed by atoms with Gasteiger partial charge in [0, 0.05) is 37.8 Å². The number of benzene rings is 1. The predicted molar refractivity (Wildman–Crippen MR) is 140 cm³/mol. The summed E-state index contributed by atoms with van der Waals surface area (Å²) in [5.74, 6) is 1.77. The molecule has 8 nitrogen and oxygen atoms in total. The molecule has 0 saturated carbocycles. The van der Waals surface area contributed by atoms with Crippen molar-refractivity contribution in [1.29, 1.82) is 0 Å². The summed E-state index contributed by atoms with van der Waals surface area (Å²) in [5, 5.41) is 7.65. The first-order valence-electron chi connectivity index (χ1n) is 12.6. The van der Waals surface area contributed by atoms with E-state index < -0.39 is 0 Å². The van der Waals surface area contributed by atoms with Gasteiger partial charge in [-0.25, -0.2) is 15.0 Å². The van der Waals surface area contributed by atoms with Crippen LogP contribution in [0.5, 0.6) is 0 Å². The van der Waals surface area contributed by atoms with Crippen LogP contribution in [0.2, 0.25) is 0 Å². The molecule has 2 aromatic heterocycles. The number of para-hydroxylation sites is 1. The SMILES string of the molecule is COCCN(CCCCc1ccc2c(n1)NCCC2)CCC(C=O)Nc1ncnc2ccccc12. The van der Waals surface area contributed by atoms with E-state index in [4.69, 9.17) is 9.72 Å². The van der Waals surface area contributed by atoms with Crippen molar-refractivity contribution in [2.45, 2.75) is 44.6 Å². The van der Waals surface area contributed by atoms with Gasteiger partial charge in [-0.15, -0.1) is 0 Å². The second kappa shape index (κ2) is 13.1. The van der Waals surface area contributed by atoms with Gasteiger partial charge in [-0.1, -0.05) is 18.2 Å². The zero-order valence-electron chi connectivity index (χ0n) is 20.6. The Bertz CT molecular complexity index is 1090. The number of pyridine rings is 1. The lowest BCUT2D eigenvalue weighted by molar-refractivity contribution is -0.108. The molecule has 0 bridgehead atoms. The molecule has 8 heteroatoms. The molecule has 2 N–H and O–H groups in total. The quantitative estimate of drug-likeness (QED) is 0.269. The van der Waals surface area contributed by atoms with Crippen molar-refractivity contribution in [2.75, 3.05) is 50.5 Å². The fourth-order valence-electron chi connectivity index (χ4n) is 4.50. The summed E-state index contributed by atoms with van der Waals surface area (Å²) in [4.78, 5) is 27.7. The average molecular weight is 477 g/mol. The van der Waals surface area contributed by atoms with Gasteiger partial charge < -0.3 is 25.1 Å². The van der Waals surface area contributed by atoms with E-state index in [0.29, 0.717) is 18.8 Å². The number of ether oxygens (including phenoxy) is 1. The summed E-state index contributed by atoms with van der Waals surface area (Å²) < 4.78 is 5.32. The number of anilines is 2. The Morgan fingerprint density at radius 1 is 1.14 bits per heavy atom. The third-order valence-corrected chi connectivity index (χ3v) is 6.51. The number of rotatable bonds is 14. The van der Waals surface area contributed by atoms with Gasteiger partial charge in [-0.05, 0) is 68.8 Å². The first-order chi connectivity index (χ1) is 17.3. The van der Waals surface area contributed by atoms with Gasteiger partial charge in [0.25, 0.3) is 0 Å². The van der Waals surface area contributed by atoms with E-state index >= 15 is 0 Å². The van der Waals surface area contributed by atoms with Gasteiger partial charge in [-0.2, -0.15) is 0 Å². The highest BCUT2D eigenvalue weighted by Gasteiger charge is 2.14. The topological polar surface area (TPSA) is 92.3 Å². The lowest BCUT2D eigenvalue weighted by Gasteiger charge is -2.24. The number of aldehydes is 1. The second-order valence-electron chi connectivity index (χ2n) is 9.05. The van der Waals surface area contributed by atoms with Crippen molar-refractivity contribution < 1.29 is 9.53 Å². The standard InChI is InChI=1S/C27H36N6O2/c1-35-18-17-33(15-5-4-8-22-12-11-21-7-6-14-28-26(21)31-22)16-13-23(19-34)32-27-24-9-2-3-10-25(24)29-20-30-27/h2-3,9-12,19-20,23H,4-8,13-18H2,1H3,(H,28,31)(H,29,30,32). The van der Waals surface area contributed by atoms with Crippen LogP contribution in [0.4, 0.5) is 11.6 Å². The molecule has 1 aliphatic rings. The average Bonchev–Trinajstić information content (AvgIpc) is 2.91. The van der Waals surface area contributed by atoms with Crippen LogP contribution in [0.1, 0.15) is 36.9 Å². The van der Waals surface area contributed by atoms with Gasteiger partial charge in [0.15, 0.2) is 0 Å². The maximum atomic E-state index is 11.8. The molecule has 186 valence electrons. The van der Waals surface area contributed by atoms with Gasteiger partial charge in [0.2, 0.25) is 0 Å². The maximum Gasteiger partial charge on any atom is 0.142 e. The van der Waals surface area contributed by atoms with Crippen molar-refractivity contribution in [1.82, 2.24) is 19.9 Å². The summed E-state index contributed by atoms with van der Waals surface area (Å²) in [6, 6.07) is 11.9. The van der Waals surface area contributed by atoms with E-state index in [0.717, 1.165) is 80.6 Å². The van der Waals surface area contributed by atoms with Gasteiger partial charge in [0.05, 0.1) is 18.2 Å². The molecule has 3 heterocycles. The molecule has 0 spiro atoms. The molecule has 4 rings (SSSR count). The van der Waals surface area contributed by atoms with Crippen LogP contribution in [0.3, 0.4) is 0 Å². The van der Waals surface area contributed by atoms with E-state index in [9.17, 15) is 4.79 Å². The molecule has 3 aromatic rings. The van der Waals surface area contributed by atoms with E-state index in [1.54, 1.807) is 7.11 Å². The minimum atomic E-state index is -0.314. The number of carbonyl (C=O) groups excluding carboxylic acids is 1. The van der Waals surface area contributed by atoms with Crippen LogP contribution in [-0.4, -0.2) is 72.1 Å². The number of hydrogen-bond acceptors (Lipinski definition) is 8. The highest BCUT2D eigenvalue weighted by molar-refractivity contribution is 5.89. The summed E-state index contributed by atoms with van der Waals surface area (Å²) >= 11 is 0. The van der Waals surface area contributed by atoms with Crippen LogP contribution in [0.15, 0.2) is 42.7 Å². The molecule has 0 amide bonds. The van der Waals surface area contributed by atoms with Crippen LogP contribution in [0.25, 0.3) is 10.9 Å². The lowest BCUT2D eigenvalue weighted by atomic mass is 10.1. The number of methoxy groups -OCH3 is 1. The first-order valence-corrected chi connectivity index (χ1v) is 12.6. The van der Waals surface area contributed by atoms with E-state index in [2.05, 4.69) is 37.6 Å². The second-order valence-corrected chi connectivity index (χ2v) is 9.05. The molecule has 0 saturated heterocycles. The largest absolute Gasteiger partial charge is 0.383 e. The molecular formula is C27H36N6O2. The zero-order chi connectivity index (χ0) is 24.3. The molecule has 35 heavy (non-hydrogen) atoms. The highest BCUT2D eigenvalue weighted by Crippen LogP contribution is 2.21. The summed E-state index contributed by atoms with van der Waals surface area (Å²) in [7, 11) is 1.73. The fourth-order valence-corrected chi connectivity index (χ4v) is 4.50. The molecule has 1 aliphatic heterocycles. The molecular weight excluding hydrogens is 440 g/mol. The van der Waals surface area contributed by atoms with Crippen molar-refractivity contribution >= 4 is 28.8 Å². The van der Waals surface area contributed by atoms with E-state index in [1.165, 1.54) is 18.3 Å². The van der Waals surface area contributed by atoms with E-state index in [-0.39, 0.29) is 6.04 Å². The van der Waals surface area contributed by atoms with Crippen LogP contribution < -0.4 is 10.6 Å². The lowest BCUT2D eigenvalue weighted by Crippen LogP contribution is -2.34. The number of carbonyl (C=O) groups is 1. The van der Waals surface area contributed by atoms with Gasteiger partial charge in [0.1, 0.15) is 24.2 Å². The molecule has 1 aromatic carbocycles. The minimum Gasteiger partial charge on any atom is -0.383 e. The number of aryl methyl sites for hydroxylation is 2. The normalized spacial score (nSPS) is 13.9. The molecule has 0 fully saturated rings. The Hall–Kier alpha value is -3.10. The molecule has 1 unspecified atom stereocenters. The number of fused-ring (bicyclic) bond motifs is 2. The zero-order valence-corrected chi connectivity index (χ0v) is 20.6. The maximum absolute atomic E-state index is 11.8. The first kappa shape index (κ1) is 25.0. The number of hydrogen-bond donors (Lipinski definition) is 2. The Morgan fingerprint density at radius 2 is 2.06 bits per heavy atom. The Balaban J connectivity index is 1.26. The number of unbranched alkanes of at least 4 members (excludes halogenated alkanes) is 1. The third-order valence-electron chi connectivity index (χ3n) is 6.51. The van der Waals surface area contributed by atoms with Gasteiger partial charge >= 0.3 is 0 Å². The van der Waals surface area contributed by atoms with Crippen LogP contribution >= 0.6 is 0 Å². The summed E-state index contributed by atoms with van der Waals surface area (Å²) in [6.45, 7) is 4.31. The number of nitrogens with one attached hydrogen (secondary N) is 2. The third kappa shape index (κ3) is 7.19. The van der Waals surface area contributed by atoms with Crippen molar-refractivity contribution in [3.8, 4) is 0 Å². The van der Waals surface area contributed by atoms with Crippen molar-refractivity contribution in [2.24, 2.45) is 0 Å². The highest BCUT2D eigenvalue weighted by atomic mass is 16.5. The van der Waals surface area contributed by atoms with Crippen molar-refractivity contribution in [3.63, 3.8) is 0 Å². The predicted octanol–water partition coefficient (Wildman–Crippen LogP) is 3.72. The molecule has 0 radical (unpaired) electrons. The van der Waals surface area contributed by atoms with Crippen LogP contribution in [-0.2, 0) is 22.4 Å².